The lowest BCUT2D eigenvalue weighted by Gasteiger charge is -2.03. The van der Waals surface area contributed by atoms with Crippen LogP contribution in [-0.2, 0) is 6.42 Å². The molecular weight excluding hydrogens is 261 g/mol. The highest BCUT2D eigenvalue weighted by molar-refractivity contribution is 5.83. The summed E-state index contributed by atoms with van der Waals surface area (Å²) in [5.41, 5.74) is 1.14. The van der Waals surface area contributed by atoms with E-state index in [-0.39, 0.29) is 11.1 Å². The molecule has 0 nitrogen and oxygen atoms in total. The molecule has 0 amide bonds. The van der Waals surface area contributed by atoms with Gasteiger partial charge < -0.3 is 0 Å². The molecule has 0 radical (unpaired) electrons. The smallest absolute Gasteiger partial charge is 0.166 e. The van der Waals surface area contributed by atoms with E-state index in [4.69, 9.17) is 0 Å². The SMILES string of the molecule is C=CCc1ccc(C(F)=C(F)c2ccc(F)cc2)cc1. The fraction of sp³-hybridized carbons (Fsp3) is 0.0588. The minimum atomic E-state index is -0.999. The maximum atomic E-state index is 14.0. The average Bonchev–Trinajstić information content (AvgIpc) is 2.48. The third-order valence-corrected chi connectivity index (χ3v) is 2.88. The van der Waals surface area contributed by atoms with Gasteiger partial charge in [-0.25, -0.2) is 13.2 Å². The summed E-state index contributed by atoms with van der Waals surface area (Å²) >= 11 is 0. The van der Waals surface area contributed by atoms with Crippen molar-refractivity contribution < 1.29 is 13.2 Å². The van der Waals surface area contributed by atoms with Crippen LogP contribution < -0.4 is 0 Å². The average molecular weight is 274 g/mol. The highest BCUT2D eigenvalue weighted by Crippen LogP contribution is 2.28. The zero-order valence-electron chi connectivity index (χ0n) is 10.7. The molecule has 0 atom stereocenters. The van der Waals surface area contributed by atoms with E-state index in [1.807, 2.05) is 0 Å². The molecule has 2 aromatic carbocycles. The summed E-state index contributed by atoms with van der Waals surface area (Å²) in [7, 11) is 0. The van der Waals surface area contributed by atoms with Gasteiger partial charge in [0, 0.05) is 11.1 Å². The van der Waals surface area contributed by atoms with E-state index in [0.29, 0.717) is 6.42 Å². The second-order valence-electron chi connectivity index (χ2n) is 4.32. The normalized spacial score (nSPS) is 11.9. The Morgan fingerprint density at radius 1 is 0.850 bits per heavy atom. The Morgan fingerprint density at radius 3 is 1.75 bits per heavy atom. The van der Waals surface area contributed by atoms with Crippen molar-refractivity contribution >= 4 is 11.7 Å². The summed E-state index contributed by atoms with van der Waals surface area (Å²) in [5, 5.41) is 0. The van der Waals surface area contributed by atoms with Crippen LogP contribution in [0.3, 0.4) is 0 Å². The van der Waals surface area contributed by atoms with E-state index >= 15 is 0 Å². The van der Waals surface area contributed by atoms with Crippen LogP contribution in [0.25, 0.3) is 11.7 Å². The van der Waals surface area contributed by atoms with Crippen molar-refractivity contribution in [1.29, 1.82) is 0 Å². The van der Waals surface area contributed by atoms with Gasteiger partial charge in [0.1, 0.15) is 5.82 Å². The van der Waals surface area contributed by atoms with Gasteiger partial charge in [0.15, 0.2) is 11.7 Å². The van der Waals surface area contributed by atoms with Crippen molar-refractivity contribution in [2.24, 2.45) is 0 Å². The largest absolute Gasteiger partial charge is 0.207 e. The lowest BCUT2D eigenvalue weighted by Crippen LogP contribution is -1.87. The van der Waals surface area contributed by atoms with Gasteiger partial charge in [-0.2, -0.15) is 0 Å². The Labute approximate surface area is 115 Å². The van der Waals surface area contributed by atoms with Crippen molar-refractivity contribution in [3.05, 3.63) is 83.7 Å². The van der Waals surface area contributed by atoms with Gasteiger partial charge in [-0.05, 0) is 36.2 Å². The summed E-state index contributed by atoms with van der Waals surface area (Å²) in [6, 6.07) is 11.1. The van der Waals surface area contributed by atoms with Crippen molar-refractivity contribution in [2.75, 3.05) is 0 Å². The standard InChI is InChI=1S/C17H13F3/c1-2-3-12-4-6-13(7-5-12)16(19)17(20)14-8-10-15(18)11-9-14/h2,4-11H,1,3H2. The maximum absolute atomic E-state index is 14.0. The molecule has 20 heavy (non-hydrogen) atoms. The Morgan fingerprint density at radius 2 is 1.30 bits per heavy atom. The van der Waals surface area contributed by atoms with Crippen LogP contribution in [0.15, 0.2) is 61.2 Å². The third kappa shape index (κ3) is 3.18. The number of hydrogen-bond donors (Lipinski definition) is 0. The molecule has 0 saturated carbocycles. The van der Waals surface area contributed by atoms with E-state index in [2.05, 4.69) is 6.58 Å². The van der Waals surface area contributed by atoms with Crippen LogP contribution >= 0.6 is 0 Å². The van der Waals surface area contributed by atoms with Crippen molar-refractivity contribution in [3.63, 3.8) is 0 Å². The molecule has 0 saturated heterocycles. The van der Waals surface area contributed by atoms with Crippen molar-refractivity contribution in [3.8, 4) is 0 Å². The number of halogens is 3. The Kier molecular flexibility index (Phi) is 4.41. The zero-order chi connectivity index (χ0) is 14.5. The first-order valence-corrected chi connectivity index (χ1v) is 6.13. The summed E-state index contributed by atoms with van der Waals surface area (Å²) in [6.45, 7) is 3.61. The number of hydrogen-bond acceptors (Lipinski definition) is 0. The molecule has 0 unspecified atom stereocenters. The fourth-order valence-corrected chi connectivity index (χ4v) is 1.80. The van der Waals surface area contributed by atoms with E-state index in [0.717, 1.165) is 17.7 Å². The van der Waals surface area contributed by atoms with Gasteiger partial charge in [0.25, 0.3) is 0 Å². The molecule has 0 heterocycles. The highest BCUT2D eigenvalue weighted by Gasteiger charge is 2.11. The second-order valence-corrected chi connectivity index (χ2v) is 4.32. The first-order valence-electron chi connectivity index (χ1n) is 6.13. The van der Waals surface area contributed by atoms with Crippen LogP contribution in [0.2, 0.25) is 0 Å². The Hall–Kier alpha value is -2.29. The molecule has 3 heteroatoms. The Balaban J connectivity index is 2.32. The van der Waals surface area contributed by atoms with Gasteiger partial charge in [-0.3, -0.25) is 0 Å². The third-order valence-electron chi connectivity index (χ3n) is 2.88. The molecule has 0 aliphatic rings. The van der Waals surface area contributed by atoms with E-state index in [9.17, 15) is 13.2 Å². The van der Waals surface area contributed by atoms with Crippen LogP contribution in [0.5, 0.6) is 0 Å². The predicted molar refractivity (Wildman–Crippen MR) is 75.8 cm³/mol. The zero-order valence-corrected chi connectivity index (χ0v) is 10.7. The topological polar surface area (TPSA) is 0 Å². The molecule has 0 aliphatic carbocycles. The summed E-state index contributed by atoms with van der Waals surface area (Å²) in [5.74, 6) is -2.45. The molecular formula is C17H13F3. The molecule has 0 fully saturated rings. The summed E-state index contributed by atoms with van der Waals surface area (Å²) < 4.78 is 40.7. The number of benzene rings is 2. The van der Waals surface area contributed by atoms with Crippen molar-refractivity contribution in [2.45, 2.75) is 6.42 Å². The van der Waals surface area contributed by atoms with Crippen LogP contribution in [0.4, 0.5) is 13.2 Å². The fourth-order valence-electron chi connectivity index (χ4n) is 1.80. The lowest BCUT2D eigenvalue weighted by atomic mass is 10.1. The van der Waals surface area contributed by atoms with E-state index in [1.54, 1.807) is 18.2 Å². The highest BCUT2D eigenvalue weighted by atomic mass is 19.2. The monoisotopic (exact) mass is 274 g/mol. The number of allylic oxidation sites excluding steroid dienone is 1. The van der Waals surface area contributed by atoms with Gasteiger partial charge >= 0.3 is 0 Å². The molecule has 2 aromatic rings. The van der Waals surface area contributed by atoms with Gasteiger partial charge in [-0.15, -0.1) is 6.58 Å². The number of rotatable bonds is 4. The second kappa shape index (κ2) is 6.24. The molecule has 0 N–H and O–H groups in total. The minimum Gasteiger partial charge on any atom is -0.207 e. The predicted octanol–water partition coefficient (Wildman–Crippen LogP) is 5.32. The molecule has 0 aliphatic heterocycles. The first kappa shape index (κ1) is 14.1. The molecule has 0 aromatic heterocycles. The van der Waals surface area contributed by atoms with Gasteiger partial charge in [-0.1, -0.05) is 30.3 Å². The van der Waals surface area contributed by atoms with Gasteiger partial charge in [0.2, 0.25) is 0 Å². The molecule has 0 bridgehead atoms. The minimum absolute atomic E-state index is 0.0130. The van der Waals surface area contributed by atoms with Crippen LogP contribution in [0, 0.1) is 5.82 Å². The molecule has 102 valence electrons. The van der Waals surface area contributed by atoms with Crippen molar-refractivity contribution in [1.82, 2.24) is 0 Å². The van der Waals surface area contributed by atoms with Gasteiger partial charge in [0.05, 0.1) is 0 Å². The van der Waals surface area contributed by atoms with E-state index < -0.39 is 17.5 Å². The van der Waals surface area contributed by atoms with Crippen LogP contribution in [-0.4, -0.2) is 0 Å². The Bertz CT molecular complexity index is 622. The summed E-state index contributed by atoms with van der Waals surface area (Å²) in [6.07, 6.45) is 2.41. The maximum Gasteiger partial charge on any atom is 0.166 e. The van der Waals surface area contributed by atoms with E-state index in [1.165, 1.54) is 24.3 Å². The lowest BCUT2D eigenvalue weighted by molar-refractivity contribution is 0.627. The summed E-state index contributed by atoms with van der Waals surface area (Å²) in [4.78, 5) is 0. The first-order chi connectivity index (χ1) is 9.61. The van der Waals surface area contributed by atoms with Crippen LogP contribution in [0.1, 0.15) is 16.7 Å². The molecule has 0 spiro atoms. The molecule has 2 rings (SSSR count). The quantitative estimate of drug-likeness (QED) is 0.523.